The Bertz CT molecular complexity index is 447. The van der Waals surface area contributed by atoms with E-state index in [-0.39, 0.29) is 12.1 Å². The Balaban J connectivity index is 2.26. The van der Waals surface area contributed by atoms with E-state index in [1.54, 1.807) is 6.33 Å². The molecule has 118 valence electrons. The van der Waals surface area contributed by atoms with E-state index in [2.05, 4.69) is 34.4 Å². The van der Waals surface area contributed by atoms with Gasteiger partial charge in [0.2, 0.25) is 0 Å². The molecular formula is C15H26N4O2. The van der Waals surface area contributed by atoms with Gasteiger partial charge in [-0.15, -0.1) is 0 Å². The standard InChI is InChI=1S/C15H26N4O2/c1-3-5-12-13(16-4-2)17-11-18-14(12)19-15(10-20)6-8-21-9-7-15/h11,20H,3-10H2,1-2H3,(H2,16,17,18,19). The summed E-state index contributed by atoms with van der Waals surface area (Å²) in [4.78, 5) is 8.75. The van der Waals surface area contributed by atoms with Crippen molar-refractivity contribution < 1.29 is 9.84 Å². The minimum atomic E-state index is -0.335. The first-order valence-corrected chi connectivity index (χ1v) is 7.79. The van der Waals surface area contributed by atoms with Crippen molar-refractivity contribution >= 4 is 11.6 Å². The van der Waals surface area contributed by atoms with E-state index in [1.807, 2.05) is 0 Å². The molecule has 2 rings (SSSR count). The van der Waals surface area contributed by atoms with Crippen molar-refractivity contribution in [1.82, 2.24) is 9.97 Å². The second-order valence-electron chi connectivity index (χ2n) is 5.51. The molecule has 0 amide bonds. The van der Waals surface area contributed by atoms with Crippen LogP contribution in [0.15, 0.2) is 6.33 Å². The molecule has 0 atom stereocenters. The molecule has 1 fully saturated rings. The summed E-state index contributed by atoms with van der Waals surface area (Å²) in [5.41, 5.74) is 0.764. The molecule has 0 aliphatic carbocycles. The first-order valence-electron chi connectivity index (χ1n) is 7.79. The van der Waals surface area contributed by atoms with Gasteiger partial charge in [-0.05, 0) is 26.2 Å². The van der Waals surface area contributed by atoms with E-state index >= 15 is 0 Å². The zero-order valence-electron chi connectivity index (χ0n) is 13.0. The van der Waals surface area contributed by atoms with Crippen LogP contribution in [0, 0.1) is 0 Å². The quantitative estimate of drug-likeness (QED) is 0.712. The molecule has 0 radical (unpaired) electrons. The third kappa shape index (κ3) is 3.83. The van der Waals surface area contributed by atoms with E-state index in [0.29, 0.717) is 13.2 Å². The number of rotatable bonds is 7. The lowest BCUT2D eigenvalue weighted by molar-refractivity contribution is 0.0378. The summed E-state index contributed by atoms with van der Waals surface area (Å²) < 4.78 is 5.41. The number of aliphatic hydroxyl groups excluding tert-OH is 1. The fourth-order valence-electron chi connectivity index (χ4n) is 2.66. The van der Waals surface area contributed by atoms with Crippen LogP contribution in [0.1, 0.15) is 38.7 Å². The fraction of sp³-hybridized carbons (Fsp3) is 0.733. The van der Waals surface area contributed by atoms with E-state index in [1.165, 1.54) is 0 Å². The zero-order valence-corrected chi connectivity index (χ0v) is 13.0. The third-order valence-corrected chi connectivity index (χ3v) is 3.93. The molecule has 1 aromatic heterocycles. The highest BCUT2D eigenvalue weighted by Crippen LogP contribution is 2.29. The number of ether oxygens (including phenoxy) is 1. The maximum atomic E-state index is 9.82. The second kappa shape index (κ2) is 7.56. The van der Waals surface area contributed by atoms with Gasteiger partial charge in [0.1, 0.15) is 18.0 Å². The first kappa shape index (κ1) is 16.0. The van der Waals surface area contributed by atoms with Crippen molar-refractivity contribution in [2.75, 3.05) is 37.0 Å². The van der Waals surface area contributed by atoms with E-state index in [4.69, 9.17) is 4.74 Å². The number of nitrogens with one attached hydrogen (secondary N) is 2. The highest BCUT2D eigenvalue weighted by molar-refractivity contribution is 5.58. The Labute approximate surface area is 126 Å². The summed E-state index contributed by atoms with van der Waals surface area (Å²) in [5, 5.41) is 16.6. The van der Waals surface area contributed by atoms with Gasteiger partial charge in [0.15, 0.2) is 0 Å². The number of nitrogens with zero attached hydrogens (tertiary/aromatic N) is 2. The van der Waals surface area contributed by atoms with Crippen LogP contribution in [0.5, 0.6) is 0 Å². The van der Waals surface area contributed by atoms with Crippen LogP contribution >= 0.6 is 0 Å². The van der Waals surface area contributed by atoms with Crippen molar-refractivity contribution in [3.63, 3.8) is 0 Å². The highest BCUT2D eigenvalue weighted by Gasteiger charge is 2.33. The Morgan fingerprint density at radius 2 is 1.95 bits per heavy atom. The molecule has 1 aromatic rings. The molecular weight excluding hydrogens is 268 g/mol. The lowest BCUT2D eigenvalue weighted by Crippen LogP contribution is -2.47. The predicted molar refractivity (Wildman–Crippen MR) is 83.7 cm³/mol. The molecule has 6 heteroatoms. The number of aliphatic hydroxyl groups is 1. The maximum Gasteiger partial charge on any atom is 0.135 e. The number of hydrogen-bond acceptors (Lipinski definition) is 6. The molecule has 0 bridgehead atoms. The second-order valence-corrected chi connectivity index (χ2v) is 5.51. The molecule has 6 nitrogen and oxygen atoms in total. The summed E-state index contributed by atoms with van der Waals surface area (Å²) in [7, 11) is 0. The average molecular weight is 294 g/mol. The van der Waals surface area contributed by atoms with Gasteiger partial charge in [-0.25, -0.2) is 9.97 Å². The van der Waals surface area contributed by atoms with Gasteiger partial charge < -0.3 is 20.5 Å². The highest BCUT2D eigenvalue weighted by atomic mass is 16.5. The first-order chi connectivity index (χ1) is 10.2. The predicted octanol–water partition coefficient (Wildman–Crippen LogP) is 1.81. The number of aromatic nitrogens is 2. The third-order valence-electron chi connectivity index (χ3n) is 3.93. The van der Waals surface area contributed by atoms with E-state index in [9.17, 15) is 5.11 Å². The van der Waals surface area contributed by atoms with E-state index in [0.717, 1.165) is 49.4 Å². The number of hydrogen-bond donors (Lipinski definition) is 3. The largest absolute Gasteiger partial charge is 0.394 e. The van der Waals surface area contributed by atoms with Crippen LogP contribution in [-0.4, -0.2) is 47.0 Å². The van der Waals surface area contributed by atoms with Gasteiger partial charge in [-0.2, -0.15) is 0 Å². The average Bonchev–Trinajstić information content (AvgIpc) is 2.52. The minimum absolute atomic E-state index is 0.0858. The number of anilines is 2. The van der Waals surface area contributed by atoms with Crippen molar-refractivity contribution in [3.8, 4) is 0 Å². The Hall–Kier alpha value is -1.40. The lowest BCUT2D eigenvalue weighted by Gasteiger charge is -2.37. The minimum Gasteiger partial charge on any atom is -0.394 e. The van der Waals surface area contributed by atoms with Crippen molar-refractivity contribution in [1.29, 1.82) is 0 Å². The summed E-state index contributed by atoms with van der Waals surface area (Å²) in [5.74, 6) is 1.72. The molecule has 0 spiro atoms. The van der Waals surface area contributed by atoms with Gasteiger partial charge in [0, 0.05) is 25.3 Å². The summed E-state index contributed by atoms with van der Waals surface area (Å²) in [6, 6.07) is 0. The van der Waals surface area contributed by atoms with Crippen LogP contribution in [-0.2, 0) is 11.2 Å². The molecule has 1 aliphatic heterocycles. The monoisotopic (exact) mass is 294 g/mol. The van der Waals surface area contributed by atoms with Crippen LogP contribution in [0.3, 0.4) is 0 Å². The molecule has 21 heavy (non-hydrogen) atoms. The molecule has 2 heterocycles. The van der Waals surface area contributed by atoms with E-state index < -0.39 is 0 Å². The summed E-state index contributed by atoms with van der Waals surface area (Å²) in [6.07, 6.45) is 5.08. The zero-order chi connectivity index (χ0) is 15.1. The van der Waals surface area contributed by atoms with Gasteiger partial charge in [-0.1, -0.05) is 13.3 Å². The van der Waals surface area contributed by atoms with Gasteiger partial charge in [-0.3, -0.25) is 0 Å². The maximum absolute atomic E-state index is 9.82. The van der Waals surface area contributed by atoms with Crippen molar-refractivity contribution in [3.05, 3.63) is 11.9 Å². The summed E-state index contributed by atoms with van der Waals surface area (Å²) >= 11 is 0. The molecule has 0 unspecified atom stereocenters. The molecule has 0 aromatic carbocycles. The van der Waals surface area contributed by atoms with Gasteiger partial charge in [0.25, 0.3) is 0 Å². The molecule has 1 aliphatic rings. The van der Waals surface area contributed by atoms with Gasteiger partial charge >= 0.3 is 0 Å². The molecule has 0 saturated carbocycles. The SMILES string of the molecule is CCCc1c(NCC)ncnc1NC1(CO)CCOCC1. The van der Waals surface area contributed by atoms with Crippen molar-refractivity contribution in [2.45, 2.75) is 45.1 Å². The molecule has 3 N–H and O–H groups in total. The topological polar surface area (TPSA) is 79.3 Å². The fourth-order valence-corrected chi connectivity index (χ4v) is 2.66. The Morgan fingerprint density at radius 3 is 2.57 bits per heavy atom. The van der Waals surface area contributed by atoms with Crippen LogP contribution < -0.4 is 10.6 Å². The Morgan fingerprint density at radius 1 is 1.24 bits per heavy atom. The van der Waals surface area contributed by atoms with Crippen LogP contribution in [0.25, 0.3) is 0 Å². The smallest absolute Gasteiger partial charge is 0.135 e. The molecule has 1 saturated heterocycles. The van der Waals surface area contributed by atoms with Crippen molar-refractivity contribution in [2.24, 2.45) is 0 Å². The van der Waals surface area contributed by atoms with Crippen LogP contribution in [0.4, 0.5) is 11.6 Å². The summed E-state index contributed by atoms with van der Waals surface area (Å²) in [6.45, 7) is 6.44. The Kier molecular flexibility index (Phi) is 5.76. The van der Waals surface area contributed by atoms with Gasteiger partial charge in [0.05, 0.1) is 12.1 Å². The normalized spacial score (nSPS) is 17.5. The lowest BCUT2D eigenvalue weighted by atomic mass is 9.90. The van der Waals surface area contributed by atoms with Crippen LogP contribution in [0.2, 0.25) is 0 Å².